The lowest BCUT2D eigenvalue weighted by Gasteiger charge is -2.18. The van der Waals surface area contributed by atoms with Gasteiger partial charge in [0.1, 0.15) is 6.42 Å². The fraction of sp³-hybridized carbons (Fsp3) is 0.357. The van der Waals surface area contributed by atoms with Gasteiger partial charge < -0.3 is 9.64 Å². The van der Waals surface area contributed by atoms with Crippen LogP contribution in [0.25, 0.3) is 0 Å². The first-order valence-corrected chi connectivity index (χ1v) is 5.95. The van der Waals surface area contributed by atoms with E-state index in [1.165, 1.54) is 0 Å². The SMILES string of the molecule is CCOC(=O)CC(=O)CN(C)c1cccc(C#N)c1. The number of rotatable bonds is 6. The number of nitriles is 1. The van der Waals surface area contributed by atoms with Crippen molar-refractivity contribution in [1.82, 2.24) is 0 Å². The Balaban J connectivity index is 2.59. The molecule has 0 saturated heterocycles. The van der Waals surface area contributed by atoms with Crippen LogP contribution in [0.1, 0.15) is 18.9 Å². The summed E-state index contributed by atoms with van der Waals surface area (Å²) in [5, 5.41) is 8.81. The lowest BCUT2D eigenvalue weighted by atomic mass is 10.2. The molecular formula is C14H16N2O3. The summed E-state index contributed by atoms with van der Waals surface area (Å²) < 4.78 is 4.71. The molecular weight excluding hydrogens is 244 g/mol. The molecule has 0 aliphatic rings. The molecule has 100 valence electrons. The minimum absolute atomic E-state index is 0.105. The van der Waals surface area contributed by atoms with Crippen molar-refractivity contribution < 1.29 is 14.3 Å². The number of ketones is 1. The highest BCUT2D eigenvalue weighted by Crippen LogP contribution is 2.14. The molecule has 0 atom stereocenters. The number of carbonyl (C=O) groups is 2. The smallest absolute Gasteiger partial charge is 0.313 e. The van der Waals surface area contributed by atoms with E-state index in [9.17, 15) is 9.59 Å². The molecule has 0 unspecified atom stereocenters. The summed E-state index contributed by atoms with van der Waals surface area (Å²) >= 11 is 0. The summed E-state index contributed by atoms with van der Waals surface area (Å²) in [6.45, 7) is 2.07. The number of carbonyl (C=O) groups excluding carboxylic acids is 2. The van der Waals surface area contributed by atoms with Crippen molar-refractivity contribution in [2.45, 2.75) is 13.3 Å². The van der Waals surface area contributed by atoms with Crippen molar-refractivity contribution in [3.05, 3.63) is 29.8 Å². The molecule has 0 fully saturated rings. The molecule has 5 nitrogen and oxygen atoms in total. The highest BCUT2D eigenvalue weighted by Gasteiger charge is 2.13. The van der Waals surface area contributed by atoms with Crippen molar-refractivity contribution in [2.75, 3.05) is 25.1 Å². The van der Waals surface area contributed by atoms with E-state index in [-0.39, 0.29) is 25.4 Å². The van der Waals surface area contributed by atoms with Crippen molar-refractivity contribution in [1.29, 1.82) is 5.26 Å². The molecule has 0 N–H and O–H groups in total. The zero-order valence-electron chi connectivity index (χ0n) is 11.0. The summed E-state index contributed by atoms with van der Waals surface area (Å²) in [6.07, 6.45) is -0.226. The Kier molecular flexibility index (Phi) is 5.55. The van der Waals surface area contributed by atoms with Crippen LogP contribution in [0.5, 0.6) is 0 Å². The Morgan fingerprint density at radius 1 is 1.42 bits per heavy atom. The van der Waals surface area contributed by atoms with Crippen LogP contribution in [0, 0.1) is 11.3 Å². The minimum atomic E-state index is -0.508. The molecule has 19 heavy (non-hydrogen) atoms. The monoisotopic (exact) mass is 260 g/mol. The molecule has 0 heterocycles. The van der Waals surface area contributed by atoms with Crippen molar-refractivity contribution in [3.8, 4) is 6.07 Å². The van der Waals surface area contributed by atoms with Gasteiger partial charge in [0.2, 0.25) is 0 Å². The highest BCUT2D eigenvalue weighted by atomic mass is 16.5. The second-order valence-corrected chi connectivity index (χ2v) is 4.04. The van der Waals surface area contributed by atoms with E-state index in [1.807, 2.05) is 6.07 Å². The minimum Gasteiger partial charge on any atom is -0.466 e. The van der Waals surface area contributed by atoms with Gasteiger partial charge in [-0.1, -0.05) is 6.07 Å². The summed E-state index contributed by atoms with van der Waals surface area (Å²) in [5.74, 6) is -0.727. The predicted octanol–water partition coefficient (Wildman–Crippen LogP) is 1.52. The second-order valence-electron chi connectivity index (χ2n) is 4.04. The maximum atomic E-state index is 11.7. The molecule has 0 aromatic heterocycles. The summed E-state index contributed by atoms with van der Waals surface area (Å²) in [5.41, 5.74) is 1.29. The van der Waals surface area contributed by atoms with E-state index in [0.717, 1.165) is 5.69 Å². The molecule has 1 aromatic carbocycles. The highest BCUT2D eigenvalue weighted by molar-refractivity contribution is 5.97. The fourth-order valence-electron chi connectivity index (χ4n) is 1.60. The topological polar surface area (TPSA) is 70.4 Å². The van der Waals surface area contributed by atoms with Crippen LogP contribution < -0.4 is 4.90 Å². The van der Waals surface area contributed by atoms with Gasteiger partial charge in [-0.15, -0.1) is 0 Å². The summed E-state index contributed by atoms with van der Waals surface area (Å²) in [6, 6.07) is 8.98. The third kappa shape index (κ3) is 4.80. The van der Waals surface area contributed by atoms with E-state index in [0.29, 0.717) is 5.56 Å². The van der Waals surface area contributed by atoms with E-state index in [4.69, 9.17) is 10.00 Å². The second kappa shape index (κ2) is 7.17. The van der Waals surface area contributed by atoms with Crippen molar-refractivity contribution in [2.24, 2.45) is 0 Å². The van der Waals surface area contributed by atoms with Crippen LogP contribution in [-0.2, 0) is 14.3 Å². The van der Waals surface area contributed by atoms with Gasteiger partial charge in [-0.2, -0.15) is 5.26 Å². The Bertz CT molecular complexity index is 506. The number of benzene rings is 1. The number of Topliss-reactive ketones (excluding diaryl/α,β-unsaturated/α-hetero) is 1. The van der Waals surface area contributed by atoms with E-state index >= 15 is 0 Å². The van der Waals surface area contributed by atoms with E-state index in [1.54, 1.807) is 43.1 Å². The van der Waals surface area contributed by atoms with Gasteiger partial charge in [-0.05, 0) is 25.1 Å². The predicted molar refractivity (Wildman–Crippen MR) is 70.7 cm³/mol. The van der Waals surface area contributed by atoms with E-state index in [2.05, 4.69) is 0 Å². The molecule has 0 spiro atoms. The number of esters is 1. The summed E-state index contributed by atoms with van der Waals surface area (Å²) in [4.78, 5) is 24.5. The largest absolute Gasteiger partial charge is 0.466 e. The summed E-state index contributed by atoms with van der Waals surface area (Å²) in [7, 11) is 1.74. The Labute approximate surface area is 112 Å². The molecule has 1 rings (SSSR count). The standard InChI is InChI=1S/C14H16N2O3/c1-3-19-14(18)8-13(17)10-16(2)12-6-4-5-11(7-12)9-15/h4-7H,3,8,10H2,1-2H3. The van der Waals surface area contributed by atoms with Crippen LogP contribution in [0.15, 0.2) is 24.3 Å². The third-order valence-electron chi connectivity index (χ3n) is 2.48. The third-order valence-corrected chi connectivity index (χ3v) is 2.48. The zero-order chi connectivity index (χ0) is 14.3. The van der Waals surface area contributed by atoms with Gasteiger partial charge in [0.05, 0.1) is 24.8 Å². The number of ether oxygens (including phenoxy) is 1. The van der Waals surface area contributed by atoms with Gasteiger partial charge >= 0.3 is 5.97 Å². The first-order valence-electron chi connectivity index (χ1n) is 5.95. The van der Waals surface area contributed by atoms with Crippen LogP contribution in [0.2, 0.25) is 0 Å². The molecule has 1 aromatic rings. The average molecular weight is 260 g/mol. The maximum Gasteiger partial charge on any atom is 0.313 e. The first kappa shape index (κ1) is 14.7. The number of nitrogens with zero attached hydrogens (tertiary/aromatic N) is 2. The van der Waals surface area contributed by atoms with Gasteiger partial charge in [-0.25, -0.2) is 0 Å². The lowest BCUT2D eigenvalue weighted by molar-refractivity contribution is -0.145. The van der Waals surface area contributed by atoms with Crippen molar-refractivity contribution >= 4 is 17.4 Å². The van der Waals surface area contributed by atoms with E-state index < -0.39 is 5.97 Å². The zero-order valence-corrected chi connectivity index (χ0v) is 11.0. The van der Waals surface area contributed by atoms with Crippen molar-refractivity contribution in [3.63, 3.8) is 0 Å². The number of hydrogen-bond donors (Lipinski definition) is 0. The van der Waals surface area contributed by atoms with Gasteiger partial charge in [0.15, 0.2) is 5.78 Å². The van der Waals surface area contributed by atoms with Crippen LogP contribution >= 0.6 is 0 Å². The van der Waals surface area contributed by atoms with Gasteiger partial charge in [0.25, 0.3) is 0 Å². The number of likely N-dealkylation sites (N-methyl/N-ethyl adjacent to an activating group) is 1. The molecule has 0 saturated carbocycles. The number of hydrogen-bond acceptors (Lipinski definition) is 5. The van der Waals surface area contributed by atoms with Gasteiger partial charge in [-0.3, -0.25) is 9.59 Å². The average Bonchev–Trinajstić information content (AvgIpc) is 2.38. The Hall–Kier alpha value is -2.35. The molecule has 0 radical (unpaired) electrons. The molecule has 0 aliphatic heterocycles. The molecule has 0 bridgehead atoms. The normalized spacial score (nSPS) is 9.53. The quantitative estimate of drug-likeness (QED) is 0.573. The maximum absolute atomic E-state index is 11.7. The van der Waals surface area contributed by atoms with Crippen LogP contribution in [0.3, 0.4) is 0 Å². The molecule has 0 amide bonds. The van der Waals surface area contributed by atoms with Crippen LogP contribution in [-0.4, -0.2) is 32.0 Å². The Morgan fingerprint density at radius 2 is 2.16 bits per heavy atom. The Morgan fingerprint density at radius 3 is 2.79 bits per heavy atom. The molecule has 0 aliphatic carbocycles. The lowest BCUT2D eigenvalue weighted by Crippen LogP contribution is -2.27. The molecule has 5 heteroatoms. The van der Waals surface area contributed by atoms with Crippen LogP contribution in [0.4, 0.5) is 5.69 Å². The number of anilines is 1. The first-order chi connectivity index (χ1) is 9.06. The van der Waals surface area contributed by atoms with Gasteiger partial charge in [0, 0.05) is 12.7 Å². The fourth-order valence-corrected chi connectivity index (χ4v) is 1.60.